The van der Waals surface area contributed by atoms with Crippen LogP contribution in [0.15, 0.2) is 18.5 Å². The molecule has 1 aliphatic heterocycles. The first-order chi connectivity index (χ1) is 17.5. The van der Waals surface area contributed by atoms with Crippen LogP contribution in [0.2, 0.25) is 0 Å². The van der Waals surface area contributed by atoms with E-state index in [0.29, 0.717) is 11.2 Å². The van der Waals surface area contributed by atoms with Crippen LogP contribution in [0, 0.1) is 5.92 Å². The average molecular weight is 545 g/mol. The molecule has 2 aromatic rings. The Bertz CT molecular complexity index is 1090. The van der Waals surface area contributed by atoms with Crippen molar-refractivity contribution in [1.82, 2.24) is 19.7 Å². The third-order valence-corrected chi connectivity index (χ3v) is 7.44. The quantitative estimate of drug-likeness (QED) is 0.217. The Morgan fingerprint density at radius 1 is 1.35 bits per heavy atom. The fourth-order valence-corrected chi connectivity index (χ4v) is 5.06. The molecule has 3 N–H and O–H groups in total. The number of ether oxygens (including phenoxy) is 4. The van der Waals surface area contributed by atoms with E-state index < -0.39 is 50.6 Å². The van der Waals surface area contributed by atoms with Gasteiger partial charge in [-0.3, -0.25) is 4.79 Å². The molecule has 1 fully saturated rings. The first-order valence-corrected chi connectivity index (χ1v) is 13.3. The molecule has 2 aromatic heterocycles. The second kappa shape index (κ2) is 12.1. The van der Waals surface area contributed by atoms with Crippen molar-refractivity contribution in [3.05, 3.63) is 24.2 Å². The van der Waals surface area contributed by atoms with E-state index >= 15 is 0 Å². The number of hydrogen-bond donors (Lipinski definition) is 2. The number of nitrogens with two attached hydrogens (primary N) is 1. The smallest absolute Gasteiger partial charge is 0.464 e. The Labute approximate surface area is 216 Å². The van der Waals surface area contributed by atoms with Crippen molar-refractivity contribution in [2.24, 2.45) is 5.92 Å². The van der Waals surface area contributed by atoms with Crippen molar-refractivity contribution in [3.63, 3.8) is 0 Å². The number of alkyl halides is 1. The molecule has 0 amide bonds. The number of halogens is 1. The zero-order chi connectivity index (χ0) is 27.4. The second-order valence-electron chi connectivity index (χ2n) is 9.34. The number of anilines is 1. The summed E-state index contributed by atoms with van der Waals surface area (Å²) >= 11 is 0. The molecule has 12 nitrogen and oxygen atoms in total. The van der Waals surface area contributed by atoms with Crippen LogP contribution in [0.25, 0.3) is 5.52 Å². The summed E-state index contributed by atoms with van der Waals surface area (Å²) in [7, 11) is -1.60. The predicted octanol–water partition coefficient (Wildman–Crippen LogP) is 3.45. The van der Waals surface area contributed by atoms with E-state index in [2.05, 4.69) is 15.2 Å². The van der Waals surface area contributed by atoms with Crippen LogP contribution in [0.3, 0.4) is 0 Å². The van der Waals surface area contributed by atoms with Gasteiger partial charge < -0.3 is 24.7 Å². The van der Waals surface area contributed by atoms with Crippen molar-refractivity contribution in [2.45, 2.75) is 77.3 Å². The third kappa shape index (κ3) is 6.42. The first kappa shape index (κ1) is 29.3. The molecule has 1 unspecified atom stereocenters. The van der Waals surface area contributed by atoms with Crippen molar-refractivity contribution in [2.75, 3.05) is 26.1 Å². The maximum absolute atomic E-state index is 14.7. The number of esters is 1. The monoisotopic (exact) mass is 544 g/mol. The lowest BCUT2D eigenvalue weighted by Crippen LogP contribution is -2.51. The zero-order valence-corrected chi connectivity index (χ0v) is 22.9. The molecular weight excluding hydrogens is 508 g/mol. The first-order valence-electron chi connectivity index (χ1n) is 12.1. The van der Waals surface area contributed by atoms with E-state index in [1.807, 2.05) is 13.8 Å². The molecule has 37 heavy (non-hydrogen) atoms. The summed E-state index contributed by atoms with van der Waals surface area (Å²) in [4.78, 5) is 16.3. The van der Waals surface area contributed by atoms with Crippen LogP contribution in [-0.4, -0.2) is 64.7 Å². The topological polar surface area (TPSA) is 149 Å². The molecule has 1 saturated heterocycles. The number of hydrogen-bond acceptors (Lipinski definition) is 10. The highest BCUT2D eigenvalue weighted by Gasteiger charge is 2.60. The Hall–Kier alpha value is -2.28. The number of fused-ring (bicyclic) bond motifs is 1. The summed E-state index contributed by atoms with van der Waals surface area (Å²) in [5.74, 6) is -3.45. The van der Waals surface area contributed by atoms with E-state index in [1.165, 1.54) is 24.9 Å². The fourth-order valence-electron chi connectivity index (χ4n) is 4.07. The van der Waals surface area contributed by atoms with Gasteiger partial charge in [0, 0.05) is 7.11 Å². The highest BCUT2D eigenvalue weighted by atomic mass is 31.1. The fraction of sp³-hybridized carbons (Fsp3) is 0.696. The van der Waals surface area contributed by atoms with Gasteiger partial charge in [0.05, 0.1) is 12.3 Å². The van der Waals surface area contributed by atoms with Gasteiger partial charge in [-0.25, -0.2) is 13.9 Å². The van der Waals surface area contributed by atoms with Crippen molar-refractivity contribution in [1.29, 1.82) is 0 Å². The third-order valence-electron chi connectivity index (χ3n) is 6.37. The molecule has 0 bridgehead atoms. The largest absolute Gasteiger partial charge is 0.617 e. The van der Waals surface area contributed by atoms with Crippen LogP contribution < -0.4 is 10.8 Å². The number of aromatic nitrogens is 3. The number of methoxy groups -OCH3 is 1. The normalized spacial score (nSPS) is 22.2. The van der Waals surface area contributed by atoms with Crippen LogP contribution in [-0.2, 0) is 32.8 Å². The van der Waals surface area contributed by atoms with Gasteiger partial charge in [0.1, 0.15) is 24.0 Å². The van der Waals surface area contributed by atoms with Gasteiger partial charge in [-0.05, 0) is 43.4 Å². The minimum Gasteiger partial charge on any atom is -0.464 e. The van der Waals surface area contributed by atoms with Crippen LogP contribution in [0.5, 0.6) is 0 Å². The Kier molecular flexibility index (Phi) is 9.54. The summed E-state index contributed by atoms with van der Waals surface area (Å²) in [5, 5.41) is 6.74. The zero-order valence-electron chi connectivity index (χ0n) is 22.0. The van der Waals surface area contributed by atoms with Gasteiger partial charge in [0.15, 0.2) is 24.4 Å². The SMILES string of the molecule is CCC(CC)COC(=O)[C@H](C)N[P+](=O)O[C@@](CF)(OC)[C@H]1OC(C)(C)O[C@H]1c1ccc2c(N)ncnn12. The molecule has 1 aliphatic rings. The minimum atomic E-state index is -2.80. The van der Waals surface area contributed by atoms with Gasteiger partial charge in [-0.2, -0.15) is 5.10 Å². The molecule has 14 heteroatoms. The van der Waals surface area contributed by atoms with Gasteiger partial charge in [-0.1, -0.05) is 36.3 Å². The number of nitrogens with one attached hydrogen (secondary N) is 1. The van der Waals surface area contributed by atoms with Gasteiger partial charge in [-0.15, -0.1) is 0 Å². The van der Waals surface area contributed by atoms with Crippen molar-refractivity contribution in [3.8, 4) is 0 Å². The van der Waals surface area contributed by atoms with E-state index in [9.17, 15) is 13.8 Å². The molecule has 0 saturated carbocycles. The number of carbonyl (C=O) groups excluding carboxylic acids is 1. The van der Waals surface area contributed by atoms with Crippen LogP contribution >= 0.6 is 8.18 Å². The lowest BCUT2D eigenvalue weighted by molar-refractivity contribution is -0.252. The lowest BCUT2D eigenvalue weighted by atomic mass is 10.0. The molecule has 5 atom stereocenters. The molecule has 0 spiro atoms. The van der Waals surface area contributed by atoms with Crippen LogP contribution in [0.4, 0.5) is 10.2 Å². The standard InChI is InChI=1S/C23H36FN5O7P/c1-7-15(8-2)11-33-21(30)14(3)28-37(31)36-23(12-24,32-6)19-18(34-22(4,5)35-19)16-9-10-17-20(25)26-13-27-29(16)17/h9-10,13-15,18-19H,7-8,11-12H2,1-6H3,(H,28,31)(H2,25,26,27)/q+1/t14-,18-,19-,23+/m0/s1. The van der Waals surface area contributed by atoms with Crippen molar-refractivity contribution >= 4 is 25.5 Å². The van der Waals surface area contributed by atoms with Crippen LogP contribution in [0.1, 0.15) is 59.3 Å². The summed E-state index contributed by atoms with van der Waals surface area (Å²) in [6.07, 6.45) is 0.846. The molecule has 0 aromatic carbocycles. The molecule has 0 aliphatic carbocycles. The number of carbonyl (C=O) groups is 1. The van der Waals surface area contributed by atoms with Gasteiger partial charge in [0.25, 0.3) is 5.79 Å². The molecule has 206 valence electrons. The number of rotatable bonds is 13. The summed E-state index contributed by atoms with van der Waals surface area (Å²) in [5.41, 5.74) is 6.93. The maximum Gasteiger partial charge on any atom is 0.617 e. The summed E-state index contributed by atoms with van der Waals surface area (Å²) in [6.45, 7) is 7.82. The highest BCUT2D eigenvalue weighted by Crippen LogP contribution is 2.47. The Morgan fingerprint density at radius 2 is 2.05 bits per heavy atom. The molecular formula is C23H36FN5O7P+. The number of nitrogen functional groups attached to an aromatic ring is 1. The summed E-state index contributed by atoms with van der Waals surface area (Å²) < 4.78 is 57.5. The van der Waals surface area contributed by atoms with Gasteiger partial charge in [0.2, 0.25) is 0 Å². The molecule has 3 heterocycles. The van der Waals surface area contributed by atoms with E-state index in [-0.39, 0.29) is 18.3 Å². The summed E-state index contributed by atoms with van der Waals surface area (Å²) in [6, 6.07) is 2.41. The lowest BCUT2D eigenvalue weighted by Gasteiger charge is -2.31. The predicted molar refractivity (Wildman–Crippen MR) is 132 cm³/mol. The van der Waals surface area contributed by atoms with Gasteiger partial charge >= 0.3 is 14.1 Å². The Balaban J connectivity index is 1.81. The molecule has 0 radical (unpaired) electrons. The maximum atomic E-state index is 14.7. The van der Waals surface area contributed by atoms with E-state index in [0.717, 1.165) is 12.8 Å². The Morgan fingerprint density at radius 3 is 2.68 bits per heavy atom. The minimum absolute atomic E-state index is 0.236. The van der Waals surface area contributed by atoms with E-state index in [4.69, 9.17) is 29.2 Å². The van der Waals surface area contributed by atoms with E-state index in [1.54, 1.807) is 26.0 Å². The second-order valence-corrected chi connectivity index (χ2v) is 10.3. The number of nitrogens with zero attached hydrogens (tertiary/aromatic N) is 3. The molecule has 3 rings (SSSR count). The highest BCUT2D eigenvalue weighted by molar-refractivity contribution is 7.36. The van der Waals surface area contributed by atoms with Crippen molar-refractivity contribution < 1.29 is 37.2 Å². The average Bonchev–Trinajstić information content (AvgIpc) is 3.44.